The number of aryl methyl sites for hydroxylation is 1. The van der Waals surface area contributed by atoms with Gasteiger partial charge in [-0.1, -0.05) is 65.5 Å². The summed E-state index contributed by atoms with van der Waals surface area (Å²) < 4.78 is 42.3. The number of fused-ring (bicyclic) bond motifs is 2. The first-order chi connectivity index (χ1) is 35.4. The van der Waals surface area contributed by atoms with E-state index in [0.717, 1.165) is 30.8 Å². The summed E-state index contributed by atoms with van der Waals surface area (Å²) in [5.41, 5.74) is 5.36. The zero-order valence-electron chi connectivity index (χ0n) is 43.6. The maximum Gasteiger partial charge on any atom is 0.407 e. The topological polar surface area (TPSA) is 242 Å². The van der Waals surface area contributed by atoms with E-state index in [4.69, 9.17) is 14.5 Å². The van der Waals surface area contributed by atoms with Crippen LogP contribution in [0.3, 0.4) is 0 Å². The Morgan fingerprint density at radius 2 is 1.48 bits per heavy atom. The first kappa shape index (κ1) is 55.6. The van der Waals surface area contributed by atoms with E-state index >= 15 is 8.78 Å². The maximum absolute atomic E-state index is 15.1. The van der Waals surface area contributed by atoms with Gasteiger partial charge in [0, 0.05) is 79.8 Å². The summed E-state index contributed by atoms with van der Waals surface area (Å²) in [7, 11) is 1.68. The number of aromatic nitrogens is 3. The Balaban J connectivity index is 0.989. The lowest BCUT2D eigenvalue weighted by atomic mass is 9.85. The molecule has 19 nitrogen and oxygen atoms in total. The van der Waals surface area contributed by atoms with Crippen molar-refractivity contribution in [3.05, 3.63) is 101 Å². The molecule has 21 heteroatoms. The summed E-state index contributed by atoms with van der Waals surface area (Å²) in [6.07, 6.45) is 1.30. The lowest BCUT2D eigenvalue weighted by molar-refractivity contribution is -0.172. The molecule has 2 aromatic heterocycles. The van der Waals surface area contributed by atoms with Crippen molar-refractivity contribution in [2.24, 2.45) is 23.3 Å². The van der Waals surface area contributed by atoms with E-state index in [9.17, 15) is 34.2 Å². The van der Waals surface area contributed by atoms with Crippen molar-refractivity contribution in [1.82, 2.24) is 46.5 Å². The van der Waals surface area contributed by atoms with Gasteiger partial charge in [-0.25, -0.2) is 28.8 Å². The van der Waals surface area contributed by atoms with E-state index in [0.29, 0.717) is 48.7 Å². The van der Waals surface area contributed by atoms with E-state index < -0.39 is 82.7 Å². The van der Waals surface area contributed by atoms with E-state index in [1.807, 2.05) is 19.1 Å². The van der Waals surface area contributed by atoms with Gasteiger partial charge in [0.1, 0.15) is 29.5 Å². The van der Waals surface area contributed by atoms with E-state index in [1.54, 1.807) is 91.3 Å². The van der Waals surface area contributed by atoms with Crippen LogP contribution in [0.4, 0.5) is 24.2 Å². The zero-order valence-corrected chi connectivity index (χ0v) is 43.6. The molecule has 3 fully saturated rings. The molecule has 2 bridgehead atoms. The summed E-state index contributed by atoms with van der Waals surface area (Å²) in [5, 5.41) is 32.7. The molecule has 2 unspecified atom stereocenters. The molecule has 0 radical (unpaired) electrons. The van der Waals surface area contributed by atoms with Gasteiger partial charge in [-0.2, -0.15) is 5.10 Å². The molecule has 3 saturated heterocycles. The summed E-state index contributed by atoms with van der Waals surface area (Å²) in [5.74, 6) is 4.27. The molecule has 0 aliphatic carbocycles. The van der Waals surface area contributed by atoms with Crippen LogP contribution in [0.15, 0.2) is 67.0 Å². The molecule has 402 valence electrons. The summed E-state index contributed by atoms with van der Waals surface area (Å²) in [6.45, 7) is 13.8. The summed E-state index contributed by atoms with van der Waals surface area (Å²) >= 11 is 0. The molecular formula is C54H68F2N10O9. The van der Waals surface area contributed by atoms with Crippen molar-refractivity contribution in [2.75, 3.05) is 44.4 Å². The Morgan fingerprint density at radius 1 is 0.867 bits per heavy atom. The fourth-order valence-electron chi connectivity index (χ4n) is 9.48. The fraction of sp³-hybridized carbons (Fsp3) is 0.500. The number of alkyl carbamates (subject to hydrolysis) is 1. The molecule has 0 spiro atoms. The van der Waals surface area contributed by atoms with Crippen LogP contribution < -0.4 is 31.7 Å². The molecular weight excluding hydrogens is 971 g/mol. The second kappa shape index (κ2) is 23.2. The number of rotatable bonds is 17. The lowest BCUT2D eigenvalue weighted by Gasteiger charge is -2.47. The number of aliphatic hydroxyl groups excluding tert-OH is 1. The zero-order chi connectivity index (χ0) is 54.4. The number of hydrogen-bond acceptors (Lipinski definition) is 12. The third-order valence-electron chi connectivity index (χ3n) is 13.7. The van der Waals surface area contributed by atoms with Crippen LogP contribution in [0.5, 0.6) is 0 Å². The highest BCUT2D eigenvalue weighted by atomic mass is 19.1. The summed E-state index contributed by atoms with van der Waals surface area (Å²) in [6, 6.07) is 11.8. The number of anilines is 1. The number of hydrazine groups is 1. The van der Waals surface area contributed by atoms with Crippen LogP contribution in [-0.4, -0.2) is 136 Å². The molecule has 75 heavy (non-hydrogen) atoms. The molecule has 7 rings (SSSR count). The molecule has 5 amide bonds. The number of carboxylic acid groups (broad SMARTS) is 1. The van der Waals surface area contributed by atoms with Gasteiger partial charge in [-0.15, -0.1) is 0 Å². The molecule has 6 atom stereocenters. The third kappa shape index (κ3) is 14.0. The Labute approximate surface area is 435 Å². The smallest absolute Gasteiger partial charge is 0.407 e. The van der Waals surface area contributed by atoms with Crippen molar-refractivity contribution in [2.45, 2.75) is 110 Å². The van der Waals surface area contributed by atoms with Crippen LogP contribution in [-0.2, 0) is 43.7 Å². The van der Waals surface area contributed by atoms with Crippen LogP contribution >= 0.6 is 0 Å². The standard InChI is InChI=1S/C54H68F2N10O9/c1-52(2,3)45(61-51(73)75-22-20-38-39(55)24-35(25-40(38)56)41-19-21-64(8)63-41)47(68)59-42(43(67)27-58-62-48(69)46(53(4,5)6)60-50(71)72)23-33-12-9-32(10-13-33)11-14-34-15-18-44(57-26-34)65-28-36-16-17-37(29-65)66(36)49(70)54(7)30-74-31-54/h9-10,12-13,15,18-19,21,24-26,36-37,42-43,45-46,58,60,67H,16-17,20,22-23,27-31H2,1-8H3,(H,59,68)(H,61,73)(H,62,69)(H,71,72)/t36?,37?,42-,43-,45+,46+/m0/s1. The van der Waals surface area contributed by atoms with Crippen molar-refractivity contribution in [3.8, 4) is 23.1 Å². The number of halogens is 2. The average molecular weight is 1040 g/mol. The lowest BCUT2D eigenvalue weighted by Crippen LogP contribution is -2.62. The normalized spacial score (nSPS) is 18.5. The Kier molecular flexibility index (Phi) is 17.2. The highest BCUT2D eigenvalue weighted by Gasteiger charge is 2.51. The number of pyridine rings is 1. The number of carbonyl (C=O) groups is 5. The Hall–Kier alpha value is -7.15. The number of amides is 5. The molecule has 7 N–H and O–H groups in total. The highest BCUT2D eigenvalue weighted by molar-refractivity contribution is 5.87. The first-order valence-electron chi connectivity index (χ1n) is 25.0. The predicted molar refractivity (Wildman–Crippen MR) is 274 cm³/mol. The number of benzene rings is 2. The van der Waals surface area contributed by atoms with Gasteiger partial charge in [-0.05, 0) is 85.0 Å². The van der Waals surface area contributed by atoms with E-state index in [-0.39, 0.29) is 48.5 Å². The van der Waals surface area contributed by atoms with Gasteiger partial charge >= 0.3 is 12.2 Å². The van der Waals surface area contributed by atoms with Crippen LogP contribution in [0.1, 0.15) is 83.6 Å². The molecule has 3 aliphatic rings. The average Bonchev–Trinajstić information content (AvgIpc) is 3.89. The van der Waals surface area contributed by atoms with Crippen molar-refractivity contribution in [1.29, 1.82) is 0 Å². The Morgan fingerprint density at radius 3 is 2.03 bits per heavy atom. The second-order valence-corrected chi connectivity index (χ2v) is 22.0. The Bertz CT molecular complexity index is 2740. The quantitative estimate of drug-likeness (QED) is 0.0572. The fourth-order valence-corrected chi connectivity index (χ4v) is 9.48. The number of ether oxygens (including phenoxy) is 2. The number of hydrogen-bond donors (Lipinski definition) is 7. The van der Waals surface area contributed by atoms with Gasteiger partial charge < -0.3 is 45.4 Å². The van der Waals surface area contributed by atoms with Crippen LogP contribution in [0.2, 0.25) is 0 Å². The van der Waals surface area contributed by atoms with E-state index in [2.05, 4.69) is 53.5 Å². The number of piperazine rings is 1. The minimum atomic E-state index is -1.39. The third-order valence-corrected chi connectivity index (χ3v) is 13.7. The largest absolute Gasteiger partial charge is 0.465 e. The van der Waals surface area contributed by atoms with Crippen molar-refractivity contribution >= 4 is 35.7 Å². The number of aliphatic hydroxyl groups is 1. The van der Waals surface area contributed by atoms with Crippen LogP contribution in [0, 0.1) is 39.7 Å². The maximum atomic E-state index is 15.1. The number of carbonyl (C=O) groups excluding carboxylic acids is 4. The number of nitrogens with one attached hydrogen (secondary N) is 5. The monoisotopic (exact) mass is 1040 g/mol. The minimum Gasteiger partial charge on any atom is -0.465 e. The number of nitrogens with zero attached hydrogens (tertiary/aromatic N) is 5. The van der Waals surface area contributed by atoms with Crippen molar-refractivity contribution < 1.29 is 52.4 Å². The molecule has 4 aromatic rings. The van der Waals surface area contributed by atoms with Gasteiger partial charge in [0.05, 0.1) is 43.1 Å². The summed E-state index contributed by atoms with van der Waals surface area (Å²) in [4.78, 5) is 74.3. The molecule has 0 saturated carbocycles. The molecule has 2 aromatic carbocycles. The van der Waals surface area contributed by atoms with Crippen LogP contribution in [0.25, 0.3) is 11.3 Å². The highest BCUT2D eigenvalue weighted by Crippen LogP contribution is 2.38. The van der Waals surface area contributed by atoms with Crippen molar-refractivity contribution in [3.63, 3.8) is 0 Å². The molecule has 3 aliphatic heterocycles. The SMILES string of the molecule is Cn1ccc(-c2cc(F)c(CCOC(=O)N[C@H](C(=O)N[C@@H](Cc3ccc(C#Cc4ccc(N5CC6CCC(C5)N6C(=O)C5(C)COC5)nc4)cc3)[C@@H](O)CNNC(=O)[C@@H](NC(=O)O)C(C)(C)C)C(C)(C)C)c(F)c2)n1. The van der Waals surface area contributed by atoms with Gasteiger partial charge in [0.2, 0.25) is 11.8 Å². The van der Waals surface area contributed by atoms with Gasteiger partial charge in [0.25, 0.3) is 5.91 Å². The van der Waals surface area contributed by atoms with Gasteiger partial charge in [0.15, 0.2) is 0 Å². The predicted octanol–water partition coefficient (Wildman–Crippen LogP) is 4.45. The molecule has 5 heterocycles. The second-order valence-electron chi connectivity index (χ2n) is 22.0. The van der Waals surface area contributed by atoms with Gasteiger partial charge in [-0.3, -0.25) is 24.5 Å². The first-order valence-corrected chi connectivity index (χ1v) is 25.0. The minimum absolute atomic E-state index is 0.0717. The van der Waals surface area contributed by atoms with E-state index in [1.165, 1.54) is 4.68 Å².